The first-order valence-electron chi connectivity index (χ1n) is 19.1. The maximum absolute atomic E-state index is 12.3. The minimum Gasteiger partial charge on any atom is -0.504 e. The molecule has 0 unspecified atom stereocenters. The van der Waals surface area contributed by atoms with Crippen molar-refractivity contribution in [2.45, 2.75) is 104 Å². The number of aliphatic hydroxyl groups excluding tert-OH is 11. The normalized spacial score (nSPS) is 40.7. The second-order valence-corrected chi connectivity index (χ2v) is 15.3. The number of phenols is 1. The second-order valence-electron chi connectivity index (χ2n) is 15.3. The summed E-state index contributed by atoms with van der Waals surface area (Å²) in [6.07, 6.45) is -22.4. The van der Waals surface area contributed by atoms with Gasteiger partial charge in [0, 0.05) is 12.3 Å². The largest absolute Gasteiger partial charge is 0.504 e. The van der Waals surface area contributed by atoms with E-state index >= 15 is 0 Å². The molecule has 4 aliphatic rings. The van der Waals surface area contributed by atoms with E-state index in [-0.39, 0.29) is 42.6 Å². The van der Waals surface area contributed by atoms with Crippen molar-refractivity contribution in [3.8, 4) is 23.0 Å². The van der Waals surface area contributed by atoms with Crippen molar-refractivity contribution in [1.29, 1.82) is 0 Å². The first-order valence-corrected chi connectivity index (χ1v) is 19.1. The summed E-state index contributed by atoms with van der Waals surface area (Å²) in [5, 5.41) is 136. The third-order valence-corrected chi connectivity index (χ3v) is 11.4. The van der Waals surface area contributed by atoms with Crippen LogP contribution >= 0.6 is 0 Å². The molecule has 4 heterocycles. The maximum atomic E-state index is 12.3. The van der Waals surface area contributed by atoms with E-state index < -0.39 is 130 Å². The Morgan fingerprint density at radius 2 is 1.32 bits per heavy atom. The van der Waals surface area contributed by atoms with E-state index in [1.807, 2.05) is 0 Å². The number of ether oxygens (including phenoxy) is 9. The summed E-state index contributed by atoms with van der Waals surface area (Å²) in [6.45, 7) is -3.51. The number of benzene rings is 2. The Kier molecular flexibility index (Phi) is 14.8. The van der Waals surface area contributed by atoms with Crippen molar-refractivity contribution < 1.29 is 109 Å². The summed E-state index contributed by atoms with van der Waals surface area (Å²) >= 11 is 0. The highest BCUT2D eigenvalue weighted by molar-refractivity contribution is 5.45. The van der Waals surface area contributed by atoms with Crippen LogP contribution in [0.5, 0.6) is 23.0 Å². The summed E-state index contributed by atoms with van der Waals surface area (Å²) in [4.78, 5) is 0. The fourth-order valence-corrected chi connectivity index (χ4v) is 7.86. The van der Waals surface area contributed by atoms with Gasteiger partial charge in [0.25, 0.3) is 0 Å². The Hall–Kier alpha value is -3.08. The molecule has 0 bridgehead atoms. The van der Waals surface area contributed by atoms with Gasteiger partial charge in [-0.25, -0.2) is 0 Å². The zero-order chi connectivity index (χ0) is 43.7. The van der Waals surface area contributed by atoms with Gasteiger partial charge in [0.05, 0.1) is 59.0 Å². The Balaban J connectivity index is 1.19. The number of phenolic OH excluding ortho intramolecular Hbond substituents is 1. The minimum atomic E-state index is -2.43. The highest BCUT2D eigenvalue weighted by Crippen LogP contribution is 2.46. The highest BCUT2D eigenvalue weighted by Gasteiger charge is 2.59. The molecule has 22 nitrogen and oxygen atoms in total. The van der Waals surface area contributed by atoms with Crippen LogP contribution in [0.4, 0.5) is 0 Å². The topological polar surface area (TPSA) is 346 Å². The molecule has 338 valence electrons. The molecule has 2 aromatic rings. The summed E-state index contributed by atoms with van der Waals surface area (Å²) < 4.78 is 50.9. The van der Waals surface area contributed by atoms with Crippen LogP contribution < -0.4 is 14.2 Å². The fraction of sp³-hybridized carbons (Fsp3) is 0.684. The van der Waals surface area contributed by atoms with Crippen molar-refractivity contribution in [3.63, 3.8) is 0 Å². The molecular formula is C38H54O22. The highest BCUT2D eigenvalue weighted by atomic mass is 16.8. The SMILES string of the molecule is COc1cc([C@@H]2OC[C@@](O)(Cc3ccc(O[C@H]4O[C@@H](CO)[C@H](O)[C@@H](O)[C@@H]4O)c(OC)c3)[C@@H]2COC[C@H]2O[C@](CO)(O[C@@H]3O[C@H](CO)[C@@H](O)[C@H](O)[C@@H]3O)[C@@H](O)[C@@H]2O)ccc1O. The zero-order valence-electron chi connectivity index (χ0n) is 32.6. The molecule has 22 heteroatoms. The third kappa shape index (κ3) is 9.04. The van der Waals surface area contributed by atoms with E-state index in [0.29, 0.717) is 11.1 Å². The van der Waals surface area contributed by atoms with Crippen LogP contribution in [0.3, 0.4) is 0 Å². The molecule has 6 rings (SSSR count). The summed E-state index contributed by atoms with van der Waals surface area (Å²) in [5.74, 6) is -3.16. The van der Waals surface area contributed by atoms with Crippen molar-refractivity contribution in [2.75, 3.05) is 53.9 Å². The molecule has 0 radical (unpaired) electrons. The number of rotatable bonds is 16. The van der Waals surface area contributed by atoms with Crippen LogP contribution in [-0.2, 0) is 34.8 Å². The number of hydrogen-bond acceptors (Lipinski definition) is 22. The number of methoxy groups -OCH3 is 2. The van der Waals surface area contributed by atoms with Crippen LogP contribution in [0, 0.1) is 5.92 Å². The molecule has 2 aromatic carbocycles. The molecule has 60 heavy (non-hydrogen) atoms. The lowest BCUT2D eigenvalue weighted by atomic mass is 9.80. The molecule has 13 N–H and O–H groups in total. The Labute approximate surface area is 342 Å². The Bertz CT molecular complexity index is 1720. The number of aliphatic hydroxyl groups is 12. The van der Waals surface area contributed by atoms with Crippen LogP contribution in [0.1, 0.15) is 17.2 Å². The molecule has 0 spiro atoms. The monoisotopic (exact) mass is 862 g/mol. The predicted molar refractivity (Wildman–Crippen MR) is 195 cm³/mol. The Morgan fingerprint density at radius 1 is 0.683 bits per heavy atom. The van der Waals surface area contributed by atoms with Crippen molar-refractivity contribution in [3.05, 3.63) is 47.5 Å². The third-order valence-electron chi connectivity index (χ3n) is 11.4. The van der Waals surface area contributed by atoms with Crippen molar-refractivity contribution in [2.24, 2.45) is 5.92 Å². The quantitative estimate of drug-likeness (QED) is 0.0751. The van der Waals surface area contributed by atoms with Crippen molar-refractivity contribution >= 4 is 0 Å². The van der Waals surface area contributed by atoms with Gasteiger partial charge in [-0.1, -0.05) is 12.1 Å². The van der Waals surface area contributed by atoms with Gasteiger partial charge in [-0.15, -0.1) is 0 Å². The van der Waals surface area contributed by atoms with E-state index in [4.69, 9.17) is 42.6 Å². The van der Waals surface area contributed by atoms with E-state index in [1.54, 1.807) is 18.2 Å². The zero-order valence-corrected chi connectivity index (χ0v) is 32.6. The fourth-order valence-electron chi connectivity index (χ4n) is 7.86. The molecule has 4 saturated heterocycles. The van der Waals surface area contributed by atoms with Gasteiger partial charge in [-0.2, -0.15) is 0 Å². The summed E-state index contributed by atoms with van der Waals surface area (Å²) in [5.41, 5.74) is -0.686. The van der Waals surface area contributed by atoms with E-state index in [9.17, 15) is 66.4 Å². The molecule has 4 aliphatic heterocycles. The van der Waals surface area contributed by atoms with Gasteiger partial charge in [-0.05, 0) is 35.4 Å². The molecule has 0 aliphatic carbocycles. The van der Waals surface area contributed by atoms with Crippen LogP contribution in [0.2, 0.25) is 0 Å². The van der Waals surface area contributed by atoms with E-state index in [0.717, 1.165) is 0 Å². The van der Waals surface area contributed by atoms with Crippen LogP contribution in [0.25, 0.3) is 0 Å². The molecular weight excluding hydrogens is 808 g/mol. The van der Waals surface area contributed by atoms with Crippen LogP contribution in [0.15, 0.2) is 36.4 Å². The summed E-state index contributed by atoms with van der Waals surface area (Å²) in [7, 11) is 2.70. The maximum Gasteiger partial charge on any atom is 0.229 e. The van der Waals surface area contributed by atoms with E-state index in [2.05, 4.69) is 0 Å². The van der Waals surface area contributed by atoms with Gasteiger partial charge < -0.3 is 109 Å². The summed E-state index contributed by atoms with van der Waals surface area (Å²) in [6, 6.07) is 9.08. The lowest BCUT2D eigenvalue weighted by molar-refractivity contribution is -0.383. The molecule has 0 amide bonds. The van der Waals surface area contributed by atoms with Gasteiger partial charge in [0.1, 0.15) is 73.8 Å². The smallest absolute Gasteiger partial charge is 0.229 e. The molecule has 4 fully saturated rings. The van der Waals surface area contributed by atoms with Gasteiger partial charge in [0.15, 0.2) is 29.3 Å². The van der Waals surface area contributed by atoms with E-state index in [1.165, 1.54) is 32.4 Å². The number of aromatic hydroxyl groups is 1. The molecule has 17 atom stereocenters. The van der Waals surface area contributed by atoms with Gasteiger partial charge >= 0.3 is 0 Å². The lowest BCUT2D eigenvalue weighted by Crippen LogP contribution is -2.62. The second kappa shape index (κ2) is 19.1. The molecule has 0 saturated carbocycles. The Morgan fingerprint density at radius 3 is 1.93 bits per heavy atom. The lowest BCUT2D eigenvalue weighted by Gasteiger charge is -2.43. The average Bonchev–Trinajstić information content (AvgIpc) is 3.69. The van der Waals surface area contributed by atoms with Crippen molar-refractivity contribution in [1.82, 2.24) is 0 Å². The van der Waals surface area contributed by atoms with Gasteiger partial charge in [0.2, 0.25) is 12.1 Å². The first-order chi connectivity index (χ1) is 28.5. The molecule has 0 aromatic heterocycles. The predicted octanol–water partition coefficient (Wildman–Crippen LogP) is -5.11. The van der Waals surface area contributed by atoms with Gasteiger partial charge in [-0.3, -0.25) is 0 Å². The average molecular weight is 863 g/mol. The first kappa shape index (κ1) is 46.4. The standard InChI is InChI=1S/C38H54O22/c1-52-21-8-17(4-5-19(21)42)33-18(12-54-13-25-28(45)34(50)38(14-41,59-25)60-36-32(49)30(47)27(44)24(11-40)58-36)37(51,15-55-33)9-16-3-6-20(22(7-16)53-2)56-35-31(48)29(46)26(43)23(10-39)57-35/h3-8,18,23-36,39-51H,9-15H2,1-2H3/t18-,23+,24-,25-,26+,27-,28-,29-,30+,31+,32+,33+,34+,35+,36+,37+,38-/m1/s1. The minimum absolute atomic E-state index is 0.0565. The number of hydrogen-bond donors (Lipinski definition) is 13. The van der Waals surface area contributed by atoms with Crippen LogP contribution in [-0.4, -0.2) is 211 Å².